The third-order valence-corrected chi connectivity index (χ3v) is 7.33. The number of hydrogen-bond acceptors (Lipinski definition) is 6. The number of benzene rings is 2. The van der Waals surface area contributed by atoms with Crippen LogP contribution in [0.15, 0.2) is 41.3 Å². The van der Waals surface area contributed by atoms with Crippen molar-refractivity contribution in [3.8, 4) is 5.75 Å². The minimum atomic E-state index is -4.23. The maximum Gasteiger partial charge on any atom is 0.412 e. The number of halogens is 2. The van der Waals surface area contributed by atoms with E-state index >= 15 is 0 Å². The van der Waals surface area contributed by atoms with Gasteiger partial charge in [0, 0.05) is 24.6 Å². The van der Waals surface area contributed by atoms with Gasteiger partial charge in [-0.25, -0.2) is 17.6 Å². The third-order valence-electron chi connectivity index (χ3n) is 5.27. The van der Waals surface area contributed by atoms with Crippen molar-refractivity contribution in [3.63, 3.8) is 0 Å². The maximum absolute atomic E-state index is 13.8. The number of anilines is 2. The van der Waals surface area contributed by atoms with Gasteiger partial charge in [0.1, 0.15) is 23.3 Å². The van der Waals surface area contributed by atoms with E-state index < -0.39 is 39.2 Å². The molecule has 0 bridgehead atoms. The molecule has 0 saturated heterocycles. The van der Waals surface area contributed by atoms with E-state index in [1.165, 1.54) is 13.0 Å². The number of hydrogen-bond donors (Lipinski definition) is 2. The molecule has 0 radical (unpaired) electrons. The van der Waals surface area contributed by atoms with Gasteiger partial charge in [0.2, 0.25) is 5.91 Å². The number of amides is 2. The first kappa shape index (κ1) is 28.5. The lowest BCUT2D eigenvalue weighted by molar-refractivity contribution is -0.120. The Morgan fingerprint density at radius 3 is 2.43 bits per heavy atom. The van der Waals surface area contributed by atoms with E-state index in [9.17, 15) is 22.4 Å². The molecule has 2 N–H and O–H groups in total. The second-order valence-electron chi connectivity index (χ2n) is 10.4. The Labute approximate surface area is 221 Å². The van der Waals surface area contributed by atoms with Gasteiger partial charge in [0.25, 0.3) is 10.0 Å². The number of nitrogens with zero attached hydrogens (tertiary/aromatic N) is 1. The van der Waals surface area contributed by atoms with Crippen molar-refractivity contribution in [2.45, 2.75) is 70.1 Å². The normalized spacial score (nSPS) is 15.9. The van der Waals surface area contributed by atoms with E-state index in [4.69, 9.17) is 21.1 Å². The van der Waals surface area contributed by atoms with Crippen LogP contribution in [0.4, 0.5) is 20.6 Å². The van der Waals surface area contributed by atoms with Gasteiger partial charge in [-0.2, -0.15) is 0 Å². The van der Waals surface area contributed by atoms with Crippen LogP contribution in [0.2, 0.25) is 5.02 Å². The number of ether oxygens (including phenoxy) is 2. The molecule has 12 heteroatoms. The van der Waals surface area contributed by atoms with Crippen LogP contribution in [-0.4, -0.2) is 44.2 Å². The number of nitrogens with one attached hydrogen (secondary N) is 2. The minimum absolute atomic E-state index is 0.108. The van der Waals surface area contributed by atoms with Crippen LogP contribution >= 0.6 is 11.6 Å². The zero-order valence-corrected chi connectivity index (χ0v) is 23.1. The molecule has 2 aromatic rings. The van der Waals surface area contributed by atoms with Crippen molar-refractivity contribution in [2.75, 3.05) is 16.2 Å². The van der Waals surface area contributed by atoms with Crippen LogP contribution in [0.3, 0.4) is 0 Å². The molecule has 1 atom stereocenters. The largest absolute Gasteiger partial charge is 0.486 e. The molecule has 1 heterocycles. The van der Waals surface area contributed by atoms with E-state index in [1.54, 1.807) is 46.8 Å². The Morgan fingerprint density at radius 2 is 1.84 bits per heavy atom. The summed E-state index contributed by atoms with van der Waals surface area (Å²) in [4.78, 5) is 23.7. The molecule has 0 aliphatic carbocycles. The molecule has 202 valence electrons. The van der Waals surface area contributed by atoms with Crippen LogP contribution in [0, 0.1) is 5.82 Å². The molecule has 1 aliphatic heterocycles. The van der Waals surface area contributed by atoms with Gasteiger partial charge in [-0.15, -0.1) is 0 Å². The van der Waals surface area contributed by atoms with Gasteiger partial charge < -0.3 is 14.8 Å². The first-order valence-corrected chi connectivity index (χ1v) is 13.4. The van der Waals surface area contributed by atoms with Gasteiger partial charge in [0.05, 0.1) is 22.2 Å². The highest BCUT2D eigenvalue weighted by Crippen LogP contribution is 2.40. The molecule has 2 amide bonds. The summed E-state index contributed by atoms with van der Waals surface area (Å²) < 4.78 is 53.7. The lowest BCUT2D eigenvalue weighted by Gasteiger charge is -2.39. The Bertz CT molecular complexity index is 1310. The molecule has 2 aromatic carbocycles. The number of carbonyl (C=O) groups is 2. The first-order valence-electron chi connectivity index (χ1n) is 11.5. The molecule has 1 unspecified atom stereocenters. The molecule has 3 rings (SSSR count). The first-order chi connectivity index (χ1) is 17.0. The summed E-state index contributed by atoms with van der Waals surface area (Å²) in [6, 6.07) is 7.71. The summed E-state index contributed by atoms with van der Waals surface area (Å²) in [6.07, 6.45) is -1.05. The summed E-state index contributed by atoms with van der Waals surface area (Å²) in [5.41, 5.74) is -0.971. The highest BCUT2D eigenvalue weighted by atomic mass is 35.5. The average Bonchev–Trinajstić information content (AvgIpc) is 2.72. The van der Waals surface area contributed by atoms with E-state index in [0.717, 1.165) is 22.5 Å². The zero-order valence-electron chi connectivity index (χ0n) is 21.5. The Hall–Kier alpha value is -3.05. The lowest BCUT2D eigenvalue weighted by Crippen LogP contribution is -2.50. The van der Waals surface area contributed by atoms with Crippen molar-refractivity contribution in [1.29, 1.82) is 0 Å². The minimum Gasteiger partial charge on any atom is -0.486 e. The molecule has 0 saturated carbocycles. The van der Waals surface area contributed by atoms with Crippen LogP contribution < -0.4 is 19.7 Å². The van der Waals surface area contributed by atoms with Crippen molar-refractivity contribution >= 4 is 45.0 Å². The summed E-state index contributed by atoms with van der Waals surface area (Å²) in [7, 11) is -4.23. The lowest BCUT2D eigenvalue weighted by atomic mass is 9.95. The molecular formula is C25H31ClFN3O6S. The summed E-state index contributed by atoms with van der Waals surface area (Å²) in [6.45, 7) is 10.1. The molecular weight excluding hydrogens is 525 g/mol. The van der Waals surface area contributed by atoms with E-state index in [-0.39, 0.29) is 39.5 Å². The van der Waals surface area contributed by atoms with Crippen LogP contribution in [0.5, 0.6) is 5.75 Å². The molecule has 1 aliphatic rings. The fraction of sp³-hybridized carbons (Fsp3) is 0.440. The molecule has 0 fully saturated rings. The molecule has 0 aromatic heterocycles. The number of carbonyl (C=O) groups excluding carboxylic acids is 2. The Balaban J connectivity index is 2.02. The van der Waals surface area contributed by atoms with Crippen molar-refractivity contribution < 1.29 is 31.9 Å². The number of rotatable bonds is 6. The fourth-order valence-electron chi connectivity index (χ4n) is 4.01. The molecule has 37 heavy (non-hydrogen) atoms. The second kappa shape index (κ2) is 10.4. The third kappa shape index (κ3) is 7.26. The second-order valence-corrected chi connectivity index (χ2v) is 12.7. The SMILES string of the molecule is CC(=O)NC(C)(C)CC1CN(S(=O)(=O)c2ccc(F)c(Cl)c2)c2cc(NC(=O)OC(C)(C)C)ccc2O1. The summed E-state index contributed by atoms with van der Waals surface area (Å²) in [5, 5.41) is 5.09. The van der Waals surface area contributed by atoms with Crippen molar-refractivity contribution in [2.24, 2.45) is 0 Å². The van der Waals surface area contributed by atoms with Crippen molar-refractivity contribution in [1.82, 2.24) is 5.32 Å². The van der Waals surface area contributed by atoms with E-state index in [1.807, 2.05) is 0 Å². The standard InChI is InChI=1S/C25H31ClFN3O6S/c1-15(31)29-25(5,6)13-17-14-30(37(33,34)18-8-9-20(27)19(26)12-18)21-11-16(7-10-22(21)35-17)28-23(32)36-24(2,3)4/h7-12,17H,13-14H2,1-6H3,(H,28,32)(H,29,31). The van der Waals surface area contributed by atoms with Gasteiger partial charge in [-0.05, 0) is 71.0 Å². The van der Waals surface area contributed by atoms with Gasteiger partial charge in [0.15, 0.2) is 0 Å². The number of fused-ring (bicyclic) bond motifs is 1. The maximum atomic E-state index is 13.8. The monoisotopic (exact) mass is 555 g/mol. The summed E-state index contributed by atoms with van der Waals surface area (Å²) in [5.74, 6) is -0.729. The average molecular weight is 556 g/mol. The van der Waals surface area contributed by atoms with Gasteiger partial charge >= 0.3 is 6.09 Å². The van der Waals surface area contributed by atoms with Gasteiger partial charge in [-0.1, -0.05) is 11.6 Å². The Morgan fingerprint density at radius 1 is 1.16 bits per heavy atom. The zero-order chi connectivity index (χ0) is 27.8. The van der Waals surface area contributed by atoms with Crippen LogP contribution in [-0.2, 0) is 19.6 Å². The summed E-state index contributed by atoms with van der Waals surface area (Å²) >= 11 is 5.87. The van der Waals surface area contributed by atoms with Crippen LogP contribution in [0.1, 0.15) is 48.0 Å². The van der Waals surface area contributed by atoms with E-state index in [0.29, 0.717) is 6.42 Å². The predicted molar refractivity (Wildman–Crippen MR) is 139 cm³/mol. The predicted octanol–water partition coefficient (Wildman–Crippen LogP) is 5.09. The highest BCUT2D eigenvalue weighted by molar-refractivity contribution is 7.92. The topological polar surface area (TPSA) is 114 Å². The quantitative estimate of drug-likeness (QED) is 0.513. The van der Waals surface area contributed by atoms with E-state index in [2.05, 4.69) is 10.6 Å². The fourth-order valence-corrected chi connectivity index (χ4v) is 5.78. The van der Waals surface area contributed by atoms with Crippen molar-refractivity contribution in [3.05, 3.63) is 47.2 Å². The molecule has 0 spiro atoms. The molecule has 9 nitrogen and oxygen atoms in total. The highest BCUT2D eigenvalue weighted by Gasteiger charge is 2.37. The van der Waals surface area contributed by atoms with Crippen LogP contribution in [0.25, 0.3) is 0 Å². The van der Waals surface area contributed by atoms with Gasteiger partial charge in [-0.3, -0.25) is 14.4 Å². The Kier molecular flexibility index (Phi) is 7.99. The number of sulfonamides is 1. The smallest absolute Gasteiger partial charge is 0.412 e.